The molecule has 2 N–H and O–H groups in total. The smallest absolute Gasteiger partial charge is 0.242 e. The fraction of sp³-hybridized carbons (Fsp3) is 0.429. The first-order chi connectivity index (χ1) is 8.93. The molecule has 0 aliphatic carbocycles. The summed E-state index contributed by atoms with van der Waals surface area (Å²) in [5, 5.41) is 0. The van der Waals surface area contributed by atoms with Gasteiger partial charge in [0.1, 0.15) is 0 Å². The maximum Gasteiger partial charge on any atom is 0.242 e. The Balaban J connectivity index is 3.14. The molecule has 0 saturated carbocycles. The Kier molecular flexibility index (Phi) is 5.55. The standard InChI is InChI=1S/C14H20N2O2S/c1-4-10-16(3)19(17,18)14-8-7-13(6-5-9-15)12(2)11-14/h7-8,11H,4,9-10,15H2,1-3H3. The highest BCUT2D eigenvalue weighted by molar-refractivity contribution is 7.89. The molecule has 19 heavy (non-hydrogen) atoms. The van der Waals surface area contributed by atoms with Gasteiger partial charge in [-0.1, -0.05) is 18.8 Å². The molecule has 0 bridgehead atoms. The average Bonchev–Trinajstić information content (AvgIpc) is 2.37. The molecule has 0 fully saturated rings. The summed E-state index contributed by atoms with van der Waals surface area (Å²) in [5.74, 6) is 5.69. The lowest BCUT2D eigenvalue weighted by Crippen LogP contribution is -2.27. The predicted molar refractivity (Wildman–Crippen MR) is 77.2 cm³/mol. The minimum absolute atomic E-state index is 0.290. The summed E-state index contributed by atoms with van der Waals surface area (Å²) >= 11 is 0. The van der Waals surface area contributed by atoms with E-state index in [1.54, 1.807) is 25.2 Å². The van der Waals surface area contributed by atoms with Crippen molar-refractivity contribution in [3.8, 4) is 11.8 Å². The van der Waals surface area contributed by atoms with Crippen LogP contribution in [0, 0.1) is 18.8 Å². The maximum atomic E-state index is 12.3. The van der Waals surface area contributed by atoms with Crippen molar-refractivity contribution < 1.29 is 8.42 Å². The van der Waals surface area contributed by atoms with Crippen LogP contribution in [-0.4, -0.2) is 32.9 Å². The van der Waals surface area contributed by atoms with Gasteiger partial charge in [0.05, 0.1) is 11.4 Å². The van der Waals surface area contributed by atoms with Crippen LogP contribution in [0.3, 0.4) is 0 Å². The van der Waals surface area contributed by atoms with Crippen molar-refractivity contribution in [1.82, 2.24) is 4.31 Å². The molecule has 4 nitrogen and oxygen atoms in total. The molecule has 0 aliphatic heterocycles. The minimum Gasteiger partial charge on any atom is -0.320 e. The van der Waals surface area contributed by atoms with Gasteiger partial charge in [-0.2, -0.15) is 0 Å². The first-order valence-corrected chi connectivity index (χ1v) is 7.63. The molecule has 0 amide bonds. The van der Waals surface area contributed by atoms with E-state index in [4.69, 9.17) is 5.73 Å². The lowest BCUT2D eigenvalue weighted by molar-refractivity contribution is 0.468. The molecule has 0 spiro atoms. The highest BCUT2D eigenvalue weighted by atomic mass is 32.2. The van der Waals surface area contributed by atoms with Crippen molar-refractivity contribution in [3.63, 3.8) is 0 Å². The Labute approximate surface area is 115 Å². The van der Waals surface area contributed by atoms with Crippen LogP contribution in [0.15, 0.2) is 23.1 Å². The SMILES string of the molecule is CCCN(C)S(=O)(=O)c1ccc(C#CCN)c(C)c1. The van der Waals surface area contributed by atoms with E-state index in [9.17, 15) is 8.42 Å². The van der Waals surface area contributed by atoms with Crippen molar-refractivity contribution in [2.45, 2.75) is 25.2 Å². The van der Waals surface area contributed by atoms with Crippen LogP contribution in [0.1, 0.15) is 24.5 Å². The normalized spacial score (nSPS) is 11.2. The van der Waals surface area contributed by atoms with Crippen LogP contribution < -0.4 is 5.73 Å². The highest BCUT2D eigenvalue weighted by Crippen LogP contribution is 2.18. The average molecular weight is 280 g/mol. The first kappa shape index (κ1) is 15.7. The third-order valence-electron chi connectivity index (χ3n) is 2.77. The second-order valence-corrected chi connectivity index (χ2v) is 6.35. The van der Waals surface area contributed by atoms with Crippen LogP contribution in [-0.2, 0) is 10.0 Å². The van der Waals surface area contributed by atoms with E-state index in [1.165, 1.54) is 4.31 Å². The number of hydrogen-bond acceptors (Lipinski definition) is 3. The van der Waals surface area contributed by atoms with Gasteiger partial charge >= 0.3 is 0 Å². The monoisotopic (exact) mass is 280 g/mol. The van der Waals surface area contributed by atoms with E-state index in [2.05, 4.69) is 11.8 Å². The Morgan fingerprint density at radius 1 is 1.37 bits per heavy atom. The molecule has 0 saturated heterocycles. The zero-order valence-electron chi connectivity index (χ0n) is 11.6. The second-order valence-electron chi connectivity index (χ2n) is 4.31. The van der Waals surface area contributed by atoms with Gasteiger partial charge < -0.3 is 5.73 Å². The summed E-state index contributed by atoms with van der Waals surface area (Å²) < 4.78 is 25.9. The molecule has 104 valence electrons. The largest absolute Gasteiger partial charge is 0.320 e. The lowest BCUT2D eigenvalue weighted by atomic mass is 10.1. The van der Waals surface area contributed by atoms with Gasteiger partial charge in [0, 0.05) is 19.2 Å². The third-order valence-corrected chi connectivity index (χ3v) is 4.62. The number of benzene rings is 1. The van der Waals surface area contributed by atoms with Gasteiger partial charge in [0.15, 0.2) is 0 Å². The molecule has 0 aliphatic rings. The molecule has 0 aromatic heterocycles. The Bertz CT molecular complexity index is 598. The topological polar surface area (TPSA) is 63.4 Å². The van der Waals surface area contributed by atoms with E-state index in [-0.39, 0.29) is 0 Å². The van der Waals surface area contributed by atoms with E-state index in [0.29, 0.717) is 18.0 Å². The Morgan fingerprint density at radius 3 is 2.58 bits per heavy atom. The van der Waals surface area contributed by atoms with Crippen LogP contribution >= 0.6 is 0 Å². The van der Waals surface area contributed by atoms with Gasteiger partial charge in [-0.3, -0.25) is 0 Å². The van der Waals surface area contributed by atoms with Gasteiger partial charge in [-0.15, -0.1) is 0 Å². The minimum atomic E-state index is -3.40. The molecular weight excluding hydrogens is 260 g/mol. The quantitative estimate of drug-likeness (QED) is 0.846. The van der Waals surface area contributed by atoms with Crippen molar-refractivity contribution in [3.05, 3.63) is 29.3 Å². The first-order valence-electron chi connectivity index (χ1n) is 6.19. The second kappa shape index (κ2) is 6.71. The predicted octanol–water partition coefficient (Wildman–Crippen LogP) is 1.34. The van der Waals surface area contributed by atoms with E-state index in [1.807, 2.05) is 13.8 Å². The Hall–Kier alpha value is -1.35. The molecular formula is C14H20N2O2S. The van der Waals surface area contributed by atoms with Crippen molar-refractivity contribution >= 4 is 10.0 Å². The van der Waals surface area contributed by atoms with Crippen molar-refractivity contribution in [2.75, 3.05) is 20.1 Å². The van der Waals surface area contributed by atoms with Crippen LogP contribution in [0.25, 0.3) is 0 Å². The summed E-state index contributed by atoms with van der Waals surface area (Å²) in [6.07, 6.45) is 0.786. The number of nitrogens with zero attached hydrogens (tertiary/aromatic N) is 1. The lowest BCUT2D eigenvalue weighted by Gasteiger charge is -2.16. The van der Waals surface area contributed by atoms with E-state index >= 15 is 0 Å². The van der Waals surface area contributed by atoms with E-state index in [0.717, 1.165) is 17.5 Å². The van der Waals surface area contributed by atoms with Crippen LogP contribution in [0.2, 0.25) is 0 Å². The molecule has 0 unspecified atom stereocenters. The molecule has 0 radical (unpaired) electrons. The van der Waals surface area contributed by atoms with E-state index < -0.39 is 10.0 Å². The van der Waals surface area contributed by atoms with Crippen LogP contribution in [0.5, 0.6) is 0 Å². The molecule has 1 aromatic carbocycles. The number of aryl methyl sites for hydroxylation is 1. The number of rotatable bonds is 4. The molecule has 1 rings (SSSR count). The zero-order valence-corrected chi connectivity index (χ0v) is 12.4. The number of sulfonamides is 1. The fourth-order valence-electron chi connectivity index (χ4n) is 1.70. The molecule has 0 heterocycles. The number of nitrogens with two attached hydrogens (primary N) is 1. The number of hydrogen-bond donors (Lipinski definition) is 1. The van der Waals surface area contributed by atoms with Crippen molar-refractivity contribution in [2.24, 2.45) is 5.73 Å². The maximum absolute atomic E-state index is 12.3. The summed E-state index contributed by atoms with van der Waals surface area (Å²) in [4.78, 5) is 0.305. The Morgan fingerprint density at radius 2 is 2.05 bits per heavy atom. The fourth-order valence-corrected chi connectivity index (χ4v) is 3.05. The van der Waals surface area contributed by atoms with Gasteiger partial charge in [-0.05, 0) is 37.1 Å². The molecule has 0 atom stereocenters. The van der Waals surface area contributed by atoms with Gasteiger partial charge in [-0.25, -0.2) is 12.7 Å². The molecule has 1 aromatic rings. The zero-order chi connectivity index (χ0) is 14.5. The highest BCUT2D eigenvalue weighted by Gasteiger charge is 2.20. The van der Waals surface area contributed by atoms with Crippen molar-refractivity contribution in [1.29, 1.82) is 0 Å². The summed E-state index contributed by atoms with van der Waals surface area (Å²) in [6, 6.07) is 4.97. The third kappa shape index (κ3) is 3.80. The summed E-state index contributed by atoms with van der Waals surface area (Å²) in [6.45, 7) is 4.59. The summed E-state index contributed by atoms with van der Waals surface area (Å²) in [5.41, 5.74) is 6.97. The van der Waals surface area contributed by atoms with Gasteiger partial charge in [0.2, 0.25) is 10.0 Å². The van der Waals surface area contributed by atoms with Crippen LogP contribution in [0.4, 0.5) is 0 Å². The summed E-state index contributed by atoms with van der Waals surface area (Å²) in [7, 11) is -1.81. The molecule has 5 heteroatoms. The van der Waals surface area contributed by atoms with Gasteiger partial charge in [0.25, 0.3) is 0 Å².